The summed E-state index contributed by atoms with van der Waals surface area (Å²) in [5, 5.41) is 16.9. The minimum atomic E-state index is -0.291. The quantitative estimate of drug-likeness (QED) is 0.828. The van der Waals surface area contributed by atoms with Crippen molar-refractivity contribution in [1.29, 1.82) is 0 Å². The van der Waals surface area contributed by atoms with Crippen LogP contribution in [0.5, 0.6) is 5.75 Å². The Bertz CT molecular complexity index is 670. The number of aromatic nitrogens is 2. The smallest absolute Gasteiger partial charge is 0.246 e. The number of amides is 1. The Hall–Kier alpha value is -1.53. The lowest BCUT2D eigenvalue weighted by Gasteiger charge is -2.08. The van der Waals surface area contributed by atoms with Gasteiger partial charge in [0.1, 0.15) is 12.3 Å². The number of aryl methyl sites for hydroxylation is 1. The second-order valence-corrected chi connectivity index (χ2v) is 5.58. The summed E-state index contributed by atoms with van der Waals surface area (Å²) in [5.74, 6) is -0.321. The number of phenolic OH excluding ortho intramolecular Hbond substituents is 1. The molecule has 0 atom stereocenters. The predicted octanol–water partition coefficient (Wildman–Crippen LogP) is 3.26. The molecule has 2 N–H and O–H groups in total. The largest absolute Gasteiger partial charge is 0.506 e. The van der Waals surface area contributed by atoms with Crippen molar-refractivity contribution in [3.8, 4) is 5.75 Å². The molecule has 0 aliphatic heterocycles. The van der Waals surface area contributed by atoms with E-state index in [2.05, 4.69) is 26.3 Å². The van der Waals surface area contributed by atoms with Crippen molar-refractivity contribution in [2.45, 2.75) is 20.4 Å². The highest BCUT2D eigenvalue weighted by Crippen LogP contribution is 2.26. The molecule has 0 fully saturated rings. The van der Waals surface area contributed by atoms with Crippen molar-refractivity contribution >= 4 is 39.1 Å². The Morgan fingerprint density at radius 3 is 2.80 bits per heavy atom. The first-order chi connectivity index (χ1) is 9.38. The molecule has 5 nitrogen and oxygen atoms in total. The van der Waals surface area contributed by atoms with E-state index in [-0.39, 0.29) is 23.9 Å². The van der Waals surface area contributed by atoms with E-state index in [0.29, 0.717) is 5.02 Å². The van der Waals surface area contributed by atoms with Gasteiger partial charge in [0.2, 0.25) is 5.91 Å². The predicted molar refractivity (Wildman–Crippen MR) is 81.1 cm³/mol. The fourth-order valence-electron chi connectivity index (χ4n) is 1.76. The van der Waals surface area contributed by atoms with Gasteiger partial charge in [-0.2, -0.15) is 5.10 Å². The van der Waals surface area contributed by atoms with Crippen LogP contribution in [-0.4, -0.2) is 20.8 Å². The Balaban J connectivity index is 2.13. The molecule has 0 bridgehead atoms. The van der Waals surface area contributed by atoms with Crippen LogP contribution in [0.4, 0.5) is 5.69 Å². The van der Waals surface area contributed by atoms with Gasteiger partial charge in [0.05, 0.1) is 21.5 Å². The third-order valence-corrected chi connectivity index (χ3v) is 4.20. The molecule has 1 aromatic carbocycles. The van der Waals surface area contributed by atoms with Crippen LogP contribution >= 0.6 is 27.5 Å². The van der Waals surface area contributed by atoms with E-state index in [1.165, 1.54) is 12.1 Å². The molecule has 0 saturated carbocycles. The number of halogens is 2. The number of carbonyl (C=O) groups is 1. The number of rotatable bonds is 3. The number of carbonyl (C=O) groups excluding carboxylic acids is 1. The zero-order valence-electron chi connectivity index (χ0n) is 10.9. The van der Waals surface area contributed by atoms with E-state index in [9.17, 15) is 9.90 Å². The average Bonchev–Trinajstić information content (AvgIpc) is 2.61. The Morgan fingerprint density at radius 2 is 2.20 bits per heavy atom. The van der Waals surface area contributed by atoms with E-state index < -0.39 is 0 Å². The van der Waals surface area contributed by atoms with Gasteiger partial charge in [0.15, 0.2) is 0 Å². The maximum absolute atomic E-state index is 12.0. The summed E-state index contributed by atoms with van der Waals surface area (Å²) in [6.07, 6.45) is 0. The monoisotopic (exact) mass is 357 g/mol. The summed E-state index contributed by atoms with van der Waals surface area (Å²) in [6, 6.07) is 4.47. The SMILES string of the molecule is Cc1nn(CC(=O)Nc2cc(Cl)ccc2O)c(C)c1Br. The Morgan fingerprint density at radius 1 is 1.50 bits per heavy atom. The molecule has 0 spiro atoms. The molecule has 2 aromatic rings. The summed E-state index contributed by atoms with van der Waals surface area (Å²) in [7, 11) is 0. The molecular formula is C13H13BrClN3O2. The molecule has 0 unspecified atom stereocenters. The molecule has 0 radical (unpaired) electrons. The molecular weight excluding hydrogens is 346 g/mol. The highest BCUT2D eigenvalue weighted by Gasteiger charge is 2.13. The third-order valence-electron chi connectivity index (χ3n) is 2.82. The molecule has 2 rings (SSSR count). The number of hydrogen-bond donors (Lipinski definition) is 2. The molecule has 1 aromatic heterocycles. The van der Waals surface area contributed by atoms with Gasteiger partial charge in [-0.15, -0.1) is 0 Å². The van der Waals surface area contributed by atoms with Crippen molar-refractivity contribution in [3.63, 3.8) is 0 Å². The van der Waals surface area contributed by atoms with E-state index in [1.54, 1.807) is 10.7 Å². The summed E-state index contributed by atoms with van der Waals surface area (Å²) in [6.45, 7) is 3.78. The van der Waals surface area contributed by atoms with Crippen molar-refractivity contribution < 1.29 is 9.90 Å². The van der Waals surface area contributed by atoms with E-state index in [1.807, 2.05) is 13.8 Å². The molecule has 106 valence electrons. The molecule has 0 aliphatic carbocycles. The van der Waals surface area contributed by atoms with Crippen LogP contribution in [0, 0.1) is 13.8 Å². The van der Waals surface area contributed by atoms with Gasteiger partial charge in [0, 0.05) is 5.02 Å². The van der Waals surface area contributed by atoms with Crippen molar-refractivity contribution in [2.75, 3.05) is 5.32 Å². The maximum Gasteiger partial charge on any atom is 0.246 e. The second kappa shape index (κ2) is 5.85. The van der Waals surface area contributed by atoms with Crippen LogP contribution in [-0.2, 0) is 11.3 Å². The lowest BCUT2D eigenvalue weighted by Crippen LogP contribution is -2.20. The van der Waals surface area contributed by atoms with Gasteiger partial charge in [0.25, 0.3) is 0 Å². The standard InChI is InChI=1S/C13H13BrClN3O2/c1-7-13(14)8(2)18(17-7)6-12(20)16-10-5-9(15)3-4-11(10)19/h3-5,19H,6H2,1-2H3,(H,16,20). The first kappa shape index (κ1) is 14.9. The molecule has 1 heterocycles. The third kappa shape index (κ3) is 3.13. The molecule has 0 aliphatic rings. The number of nitrogens with one attached hydrogen (secondary N) is 1. The number of anilines is 1. The summed E-state index contributed by atoms with van der Waals surface area (Å²) in [5.41, 5.74) is 1.97. The van der Waals surface area contributed by atoms with Gasteiger partial charge in [-0.05, 0) is 48.0 Å². The molecule has 7 heteroatoms. The normalized spacial score (nSPS) is 10.6. The lowest BCUT2D eigenvalue weighted by molar-refractivity contribution is -0.117. The number of benzene rings is 1. The van der Waals surface area contributed by atoms with Crippen LogP contribution in [0.3, 0.4) is 0 Å². The summed E-state index contributed by atoms with van der Waals surface area (Å²) >= 11 is 9.23. The molecule has 0 saturated heterocycles. The topological polar surface area (TPSA) is 67.2 Å². The van der Waals surface area contributed by atoms with Crippen molar-refractivity contribution in [1.82, 2.24) is 9.78 Å². The van der Waals surface area contributed by atoms with Gasteiger partial charge in [-0.1, -0.05) is 11.6 Å². The Labute approximate surface area is 129 Å². The van der Waals surface area contributed by atoms with E-state index in [4.69, 9.17) is 11.6 Å². The van der Waals surface area contributed by atoms with Crippen molar-refractivity contribution in [3.05, 3.63) is 39.1 Å². The fourth-order valence-corrected chi connectivity index (χ4v) is 2.22. The maximum atomic E-state index is 12.0. The lowest BCUT2D eigenvalue weighted by atomic mass is 10.3. The summed E-state index contributed by atoms with van der Waals surface area (Å²) in [4.78, 5) is 12.0. The Kier molecular flexibility index (Phi) is 4.35. The fraction of sp³-hybridized carbons (Fsp3) is 0.231. The van der Waals surface area contributed by atoms with Gasteiger partial charge in [-0.3, -0.25) is 9.48 Å². The van der Waals surface area contributed by atoms with Gasteiger partial charge in [-0.25, -0.2) is 0 Å². The first-order valence-electron chi connectivity index (χ1n) is 5.86. The number of hydrogen-bond acceptors (Lipinski definition) is 3. The minimum Gasteiger partial charge on any atom is -0.506 e. The average molecular weight is 359 g/mol. The summed E-state index contributed by atoms with van der Waals surface area (Å²) < 4.78 is 2.48. The van der Waals surface area contributed by atoms with E-state index >= 15 is 0 Å². The second-order valence-electron chi connectivity index (χ2n) is 4.35. The van der Waals surface area contributed by atoms with Crippen LogP contribution in [0.15, 0.2) is 22.7 Å². The van der Waals surface area contributed by atoms with Crippen LogP contribution in [0.1, 0.15) is 11.4 Å². The highest BCUT2D eigenvalue weighted by molar-refractivity contribution is 9.10. The van der Waals surface area contributed by atoms with Gasteiger partial charge < -0.3 is 10.4 Å². The minimum absolute atomic E-state index is 0.0303. The molecule has 20 heavy (non-hydrogen) atoms. The highest BCUT2D eigenvalue weighted by atomic mass is 79.9. The number of aromatic hydroxyl groups is 1. The van der Waals surface area contributed by atoms with Gasteiger partial charge >= 0.3 is 0 Å². The first-order valence-corrected chi connectivity index (χ1v) is 7.03. The van der Waals surface area contributed by atoms with Crippen LogP contribution in [0.2, 0.25) is 5.02 Å². The van der Waals surface area contributed by atoms with Crippen LogP contribution < -0.4 is 5.32 Å². The van der Waals surface area contributed by atoms with Crippen molar-refractivity contribution in [2.24, 2.45) is 0 Å². The number of nitrogens with zero attached hydrogens (tertiary/aromatic N) is 2. The van der Waals surface area contributed by atoms with Crippen LogP contribution in [0.25, 0.3) is 0 Å². The van der Waals surface area contributed by atoms with E-state index in [0.717, 1.165) is 15.9 Å². The molecule has 1 amide bonds. The number of phenols is 1. The zero-order chi connectivity index (χ0) is 14.9. The zero-order valence-corrected chi connectivity index (χ0v) is 13.3.